The molecule has 0 saturated carbocycles. The minimum Gasteiger partial charge on any atom is -0.361 e. The second-order valence-electron chi connectivity index (χ2n) is 4.35. The van der Waals surface area contributed by atoms with Crippen molar-refractivity contribution in [2.45, 2.75) is 0 Å². The Kier molecular flexibility index (Phi) is 3.02. The number of hydrogen-bond donors (Lipinski definition) is 1. The van der Waals surface area contributed by atoms with Crippen LogP contribution in [0, 0.1) is 17.1 Å². The molecule has 4 heteroatoms. The fraction of sp³-hybridized carbons (Fsp3) is 0. The Labute approximate surface area is 115 Å². The zero-order valence-electron chi connectivity index (χ0n) is 10.5. The molecule has 0 aliphatic rings. The minimum absolute atomic E-state index is 0.322. The fourth-order valence-electron chi connectivity index (χ4n) is 2.11. The first kappa shape index (κ1) is 12.1. The molecule has 0 bridgehead atoms. The standard InChI is InChI=1S/C16H10FN3/c17-13-3-4-16-14(7-13)15(10-20-16)12(8-18)6-11-2-1-5-19-9-11/h1-7,9-10,20H. The van der Waals surface area contributed by atoms with Gasteiger partial charge in [-0.3, -0.25) is 4.98 Å². The molecule has 0 fully saturated rings. The van der Waals surface area contributed by atoms with Gasteiger partial charge in [-0.15, -0.1) is 0 Å². The monoisotopic (exact) mass is 263 g/mol. The van der Waals surface area contributed by atoms with Crippen molar-refractivity contribution in [3.8, 4) is 6.07 Å². The van der Waals surface area contributed by atoms with E-state index < -0.39 is 0 Å². The lowest BCUT2D eigenvalue weighted by Gasteiger charge is -1.98. The smallest absolute Gasteiger partial charge is 0.123 e. The number of halogens is 1. The van der Waals surface area contributed by atoms with E-state index in [-0.39, 0.29) is 5.82 Å². The molecule has 0 unspecified atom stereocenters. The third-order valence-electron chi connectivity index (χ3n) is 3.05. The topological polar surface area (TPSA) is 52.5 Å². The number of fused-ring (bicyclic) bond motifs is 1. The molecule has 0 saturated heterocycles. The van der Waals surface area contributed by atoms with Crippen molar-refractivity contribution in [2.24, 2.45) is 0 Å². The van der Waals surface area contributed by atoms with Gasteiger partial charge in [0.15, 0.2) is 0 Å². The highest BCUT2D eigenvalue weighted by molar-refractivity contribution is 6.01. The van der Waals surface area contributed by atoms with Crippen molar-refractivity contribution >= 4 is 22.6 Å². The maximum absolute atomic E-state index is 13.4. The molecule has 20 heavy (non-hydrogen) atoms. The minimum atomic E-state index is -0.322. The Bertz CT molecular complexity index is 826. The third kappa shape index (κ3) is 2.17. The molecule has 2 heterocycles. The number of H-pyrrole nitrogens is 1. The van der Waals surface area contributed by atoms with Gasteiger partial charge in [-0.2, -0.15) is 5.26 Å². The van der Waals surface area contributed by atoms with Gasteiger partial charge in [-0.05, 0) is 35.9 Å². The zero-order chi connectivity index (χ0) is 13.9. The Morgan fingerprint density at radius 2 is 2.25 bits per heavy atom. The number of nitrogens with one attached hydrogen (secondary N) is 1. The summed E-state index contributed by atoms with van der Waals surface area (Å²) in [6, 6.07) is 10.3. The fourth-order valence-corrected chi connectivity index (χ4v) is 2.11. The number of pyridine rings is 1. The summed E-state index contributed by atoms with van der Waals surface area (Å²) in [6.45, 7) is 0. The molecule has 0 amide bonds. The molecule has 96 valence electrons. The van der Waals surface area contributed by atoms with Crippen LogP contribution in [0.1, 0.15) is 11.1 Å². The predicted octanol–water partition coefficient (Wildman–Crippen LogP) is 3.77. The van der Waals surface area contributed by atoms with Gasteiger partial charge in [0, 0.05) is 35.1 Å². The van der Waals surface area contributed by atoms with Crippen molar-refractivity contribution in [3.63, 3.8) is 0 Å². The normalized spacial score (nSPS) is 11.5. The summed E-state index contributed by atoms with van der Waals surface area (Å²) in [5.74, 6) is -0.322. The number of aromatic nitrogens is 2. The van der Waals surface area contributed by atoms with Crippen LogP contribution in [0.15, 0.2) is 48.9 Å². The van der Waals surface area contributed by atoms with Crippen LogP contribution in [0.25, 0.3) is 22.6 Å². The summed E-state index contributed by atoms with van der Waals surface area (Å²) in [5, 5.41) is 10.0. The van der Waals surface area contributed by atoms with Gasteiger partial charge in [-0.1, -0.05) is 6.07 Å². The summed E-state index contributed by atoms with van der Waals surface area (Å²) in [4.78, 5) is 7.05. The zero-order valence-corrected chi connectivity index (χ0v) is 10.5. The SMILES string of the molecule is N#CC(=Cc1cccnc1)c1c[nH]c2ccc(F)cc12. The summed E-state index contributed by atoms with van der Waals surface area (Å²) in [6.07, 6.45) is 6.80. The Balaban J connectivity index is 2.16. The van der Waals surface area contributed by atoms with E-state index in [1.54, 1.807) is 36.8 Å². The molecule has 3 nitrogen and oxygen atoms in total. The quantitative estimate of drug-likeness (QED) is 0.715. The number of nitriles is 1. The van der Waals surface area contributed by atoms with Gasteiger partial charge < -0.3 is 4.98 Å². The molecule has 0 spiro atoms. The number of benzene rings is 1. The number of aromatic amines is 1. The van der Waals surface area contributed by atoms with Crippen LogP contribution in [-0.4, -0.2) is 9.97 Å². The first-order chi connectivity index (χ1) is 9.78. The summed E-state index contributed by atoms with van der Waals surface area (Å²) in [7, 11) is 0. The number of allylic oxidation sites excluding steroid dienone is 1. The number of hydrogen-bond acceptors (Lipinski definition) is 2. The first-order valence-corrected chi connectivity index (χ1v) is 6.07. The highest BCUT2D eigenvalue weighted by Gasteiger charge is 2.09. The van der Waals surface area contributed by atoms with E-state index in [0.29, 0.717) is 16.5 Å². The van der Waals surface area contributed by atoms with Crippen LogP contribution in [0.5, 0.6) is 0 Å². The average Bonchev–Trinajstić information content (AvgIpc) is 2.89. The largest absolute Gasteiger partial charge is 0.361 e. The van der Waals surface area contributed by atoms with Crippen LogP contribution in [0.3, 0.4) is 0 Å². The van der Waals surface area contributed by atoms with Crippen molar-refractivity contribution in [1.29, 1.82) is 5.26 Å². The number of nitrogens with zero attached hydrogens (tertiary/aromatic N) is 2. The molecule has 3 aromatic rings. The first-order valence-electron chi connectivity index (χ1n) is 6.07. The van der Waals surface area contributed by atoms with Gasteiger partial charge in [0.1, 0.15) is 5.82 Å². The Morgan fingerprint density at radius 3 is 3.00 bits per heavy atom. The van der Waals surface area contributed by atoms with Crippen molar-refractivity contribution in [3.05, 3.63) is 65.9 Å². The molecule has 0 atom stereocenters. The van der Waals surface area contributed by atoms with Crippen LogP contribution in [0.2, 0.25) is 0 Å². The van der Waals surface area contributed by atoms with Crippen LogP contribution in [0.4, 0.5) is 4.39 Å². The summed E-state index contributed by atoms with van der Waals surface area (Å²) >= 11 is 0. The van der Waals surface area contributed by atoms with E-state index in [2.05, 4.69) is 16.0 Å². The van der Waals surface area contributed by atoms with E-state index in [0.717, 1.165) is 11.1 Å². The maximum atomic E-state index is 13.4. The highest BCUT2D eigenvalue weighted by Crippen LogP contribution is 2.26. The highest BCUT2D eigenvalue weighted by atomic mass is 19.1. The van der Waals surface area contributed by atoms with E-state index in [9.17, 15) is 9.65 Å². The Hall–Kier alpha value is -2.93. The van der Waals surface area contributed by atoms with Gasteiger partial charge in [0.05, 0.1) is 11.6 Å². The predicted molar refractivity (Wildman–Crippen MR) is 76.0 cm³/mol. The van der Waals surface area contributed by atoms with E-state index in [1.807, 2.05) is 6.07 Å². The van der Waals surface area contributed by atoms with E-state index in [4.69, 9.17) is 0 Å². The maximum Gasteiger partial charge on any atom is 0.123 e. The van der Waals surface area contributed by atoms with Gasteiger partial charge in [0.2, 0.25) is 0 Å². The Morgan fingerprint density at radius 1 is 1.35 bits per heavy atom. The second kappa shape index (κ2) is 4.98. The molecule has 1 aromatic carbocycles. The lowest BCUT2D eigenvalue weighted by Crippen LogP contribution is -1.82. The third-order valence-corrected chi connectivity index (χ3v) is 3.05. The molecular weight excluding hydrogens is 253 g/mol. The van der Waals surface area contributed by atoms with Crippen molar-refractivity contribution in [1.82, 2.24) is 9.97 Å². The summed E-state index contributed by atoms with van der Waals surface area (Å²) < 4.78 is 13.4. The van der Waals surface area contributed by atoms with Gasteiger partial charge in [0.25, 0.3) is 0 Å². The average molecular weight is 263 g/mol. The molecule has 0 aliphatic heterocycles. The lowest BCUT2D eigenvalue weighted by molar-refractivity contribution is 0.629. The van der Waals surface area contributed by atoms with Gasteiger partial charge in [-0.25, -0.2) is 4.39 Å². The van der Waals surface area contributed by atoms with Crippen molar-refractivity contribution in [2.75, 3.05) is 0 Å². The molecule has 1 N–H and O–H groups in total. The van der Waals surface area contributed by atoms with Crippen LogP contribution >= 0.6 is 0 Å². The van der Waals surface area contributed by atoms with Crippen LogP contribution < -0.4 is 0 Å². The van der Waals surface area contributed by atoms with Gasteiger partial charge >= 0.3 is 0 Å². The van der Waals surface area contributed by atoms with Crippen LogP contribution in [-0.2, 0) is 0 Å². The number of rotatable bonds is 2. The molecule has 0 radical (unpaired) electrons. The molecule has 0 aliphatic carbocycles. The van der Waals surface area contributed by atoms with Crippen molar-refractivity contribution < 1.29 is 4.39 Å². The second-order valence-corrected chi connectivity index (χ2v) is 4.35. The molecular formula is C16H10FN3. The molecule has 3 rings (SSSR count). The lowest BCUT2D eigenvalue weighted by atomic mass is 10.0. The summed E-state index contributed by atoms with van der Waals surface area (Å²) in [5.41, 5.74) is 2.78. The van der Waals surface area contributed by atoms with E-state index >= 15 is 0 Å². The molecule has 2 aromatic heterocycles. The van der Waals surface area contributed by atoms with E-state index in [1.165, 1.54) is 12.1 Å².